The maximum absolute atomic E-state index is 14.0. The van der Waals surface area contributed by atoms with Crippen LogP contribution in [0.1, 0.15) is 28.0 Å². The van der Waals surface area contributed by atoms with E-state index in [2.05, 4.69) is 16.0 Å². The predicted molar refractivity (Wildman–Crippen MR) is 180 cm³/mol. The Balaban J connectivity index is 1.50. The summed E-state index contributed by atoms with van der Waals surface area (Å²) in [7, 11) is 0. The van der Waals surface area contributed by atoms with E-state index in [-0.39, 0.29) is 32.1 Å². The fraction of sp³-hybridized carbons (Fsp3) is 0.270. The molecule has 2 aliphatic heterocycles. The van der Waals surface area contributed by atoms with E-state index in [4.69, 9.17) is 4.74 Å². The van der Waals surface area contributed by atoms with Crippen LogP contribution in [0.4, 0.5) is 4.39 Å². The summed E-state index contributed by atoms with van der Waals surface area (Å²) < 4.78 is 19.4. The molecule has 4 aromatic rings. The van der Waals surface area contributed by atoms with Crippen LogP contribution < -0.4 is 20.7 Å². The molecular weight excluding hydrogens is 649 g/mol. The van der Waals surface area contributed by atoms with Gasteiger partial charge in [-0.3, -0.25) is 24.0 Å². The third kappa shape index (κ3) is 10.3. The lowest BCUT2D eigenvalue weighted by molar-refractivity contribution is -0.144. The number of ether oxygens (including phenoxy) is 1. The predicted octanol–water partition coefficient (Wildman–Crippen LogP) is 3.66. The smallest absolute Gasteiger partial charge is 0.307 e. The summed E-state index contributed by atoms with van der Waals surface area (Å²) in [6, 6.07) is 21.2. The molecule has 0 spiro atoms. The fourth-order valence-electron chi connectivity index (χ4n) is 5.57. The number of hydrogen-bond acceptors (Lipinski definition) is 7. The fourth-order valence-corrected chi connectivity index (χ4v) is 6.32. The van der Waals surface area contributed by atoms with E-state index in [1.807, 2.05) is 23.6 Å². The number of carbonyl (C=O) groups is 5. The second kappa shape index (κ2) is 16.6. The Morgan fingerprint density at radius 1 is 0.735 bits per heavy atom. The molecule has 6 rings (SSSR count). The molecule has 2 bridgehead atoms. The van der Waals surface area contributed by atoms with Gasteiger partial charge >= 0.3 is 5.97 Å². The number of Topliss-reactive ketones (excluding diaryl/α,β-unsaturated/α-hetero) is 1. The van der Waals surface area contributed by atoms with Crippen molar-refractivity contribution in [2.24, 2.45) is 5.92 Å². The van der Waals surface area contributed by atoms with Gasteiger partial charge in [0.2, 0.25) is 11.8 Å². The van der Waals surface area contributed by atoms with Gasteiger partial charge in [-0.2, -0.15) is 0 Å². The molecule has 1 aromatic heterocycles. The lowest BCUT2D eigenvalue weighted by Crippen LogP contribution is -2.57. The second-order valence-electron chi connectivity index (χ2n) is 11.9. The molecule has 0 unspecified atom stereocenters. The Labute approximate surface area is 286 Å². The van der Waals surface area contributed by atoms with Gasteiger partial charge in [-0.05, 0) is 65.2 Å². The number of rotatable bonds is 7. The van der Waals surface area contributed by atoms with Gasteiger partial charge in [0.05, 0.1) is 12.0 Å². The highest BCUT2D eigenvalue weighted by Crippen LogP contribution is 2.20. The Morgan fingerprint density at radius 3 is 2.02 bits per heavy atom. The molecule has 0 aliphatic carbocycles. The number of benzene rings is 3. The van der Waals surface area contributed by atoms with Gasteiger partial charge in [0.15, 0.2) is 12.4 Å². The van der Waals surface area contributed by atoms with Crippen molar-refractivity contribution in [1.29, 1.82) is 0 Å². The molecule has 3 aromatic carbocycles. The molecule has 254 valence electrons. The monoisotopic (exact) mass is 685 g/mol. The van der Waals surface area contributed by atoms with Crippen LogP contribution in [0.2, 0.25) is 0 Å². The number of ketones is 1. The number of hydrogen-bond donors (Lipinski definition) is 4. The summed E-state index contributed by atoms with van der Waals surface area (Å²) in [6.45, 7) is -0.402. The Bertz CT molecular complexity index is 1750. The maximum atomic E-state index is 14.0. The van der Waals surface area contributed by atoms with Crippen molar-refractivity contribution in [2.75, 3.05) is 6.61 Å². The molecule has 3 heterocycles. The van der Waals surface area contributed by atoms with Crippen LogP contribution in [0.15, 0.2) is 96.4 Å². The van der Waals surface area contributed by atoms with Crippen molar-refractivity contribution in [2.45, 2.75) is 50.2 Å². The summed E-state index contributed by atoms with van der Waals surface area (Å²) in [4.78, 5) is 67.9. The average Bonchev–Trinajstić information content (AvgIpc) is 3.61. The first-order valence-electron chi connectivity index (χ1n) is 15.8. The first-order chi connectivity index (χ1) is 23.6. The summed E-state index contributed by atoms with van der Waals surface area (Å²) >= 11 is 1.40. The first kappa shape index (κ1) is 35.0. The number of amides is 3. The van der Waals surface area contributed by atoms with Crippen molar-refractivity contribution < 1.29 is 38.2 Å². The number of halogens is 1. The molecule has 0 saturated carbocycles. The van der Waals surface area contributed by atoms with Crippen molar-refractivity contribution in [3.8, 4) is 5.75 Å². The van der Waals surface area contributed by atoms with E-state index in [1.54, 1.807) is 48.5 Å². The highest BCUT2D eigenvalue weighted by atomic mass is 32.1. The SMILES string of the molecule is O=C1COc2ccc(cc2)C[C@@H](C(=O)O)CC(=O)[C@H](Cc2ccccc2)NC(=O)[C@H](Cc2ccc(F)cc2)NC(=O)[C@H](Cc2cccs2)N1. The number of fused-ring (bicyclic) bond motifs is 16. The van der Waals surface area contributed by atoms with E-state index in [0.29, 0.717) is 16.9 Å². The molecule has 4 atom stereocenters. The van der Waals surface area contributed by atoms with Gasteiger partial charge in [-0.15, -0.1) is 11.3 Å². The van der Waals surface area contributed by atoms with Gasteiger partial charge in [0.25, 0.3) is 5.91 Å². The van der Waals surface area contributed by atoms with E-state index < -0.39 is 65.9 Å². The molecule has 49 heavy (non-hydrogen) atoms. The summed E-state index contributed by atoms with van der Waals surface area (Å²) in [5.41, 5.74) is 1.91. The van der Waals surface area contributed by atoms with Crippen LogP contribution in [0.5, 0.6) is 5.75 Å². The molecule has 2 aliphatic rings. The minimum atomic E-state index is -1.24. The minimum Gasteiger partial charge on any atom is -0.484 e. The average molecular weight is 686 g/mol. The van der Waals surface area contributed by atoms with Gasteiger partial charge in [0.1, 0.15) is 23.7 Å². The van der Waals surface area contributed by atoms with Gasteiger partial charge in [-0.1, -0.05) is 60.7 Å². The van der Waals surface area contributed by atoms with Crippen molar-refractivity contribution in [3.63, 3.8) is 0 Å². The number of thiophene rings is 1. The second-order valence-corrected chi connectivity index (χ2v) is 12.9. The van der Waals surface area contributed by atoms with Crippen molar-refractivity contribution in [3.05, 3.63) is 124 Å². The number of carbonyl (C=O) groups excluding carboxylic acids is 4. The van der Waals surface area contributed by atoms with Crippen LogP contribution >= 0.6 is 11.3 Å². The molecule has 10 nitrogen and oxygen atoms in total. The lowest BCUT2D eigenvalue weighted by atomic mass is 9.90. The summed E-state index contributed by atoms with van der Waals surface area (Å²) in [6.07, 6.45) is -0.152. The molecule has 0 saturated heterocycles. The van der Waals surface area contributed by atoms with E-state index in [9.17, 15) is 33.5 Å². The van der Waals surface area contributed by atoms with E-state index in [1.165, 1.54) is 35.6 Å². The number of carboxylic acids is 1. The molecule has 3 amide bonds. The minimum absolute atomic E-state index is 0.0431. The molecule has 0 radical (unpaired) electrons. The van der Waals surface area contributed by atoms with E-state index in [0.717, 1.165) is 10.4 Å². The van der Waals surface area contributed by atoms with Crippen molar-refractivity contribution >= 4 is 40.8 Å². The van der Waals surface area contributed by atoms with Crippen molar-refractivity contribution in [1.82, 2.24) is 16.0 Å². The zero-order valence-electron chi connectivity index (χ0n) is 26.5. The maximum Gasteiger partial charge on any atom is 0.307 e. The highest BCUT2D eigenvalue weighted by Gasteiger charge is 2.32. The normalized spacial score (nSPS) is 20.9. The Morgan fingerprint density at radius 2 is 1.37 bits per heavy atom. The molecule has 12 heteroatoms. The molecular formula is C37H36FN3O7S. The quantitative estimate of drug-likeness (QED) is 0.217. The van der Waals surface area contributed by atoms with Crippen LogP contribution in [-0.4, -0.2) is 59.3 Å². The van der Waals surface area contributed by atoms with Gasteiger partial charge < -0.3 is 25.8 Å². The molecule has 4 N–H and O–H groups in total. The topological polar surface area (TPSA) is 151 Å². The largest absolute Gasteiger partial charge is 0.484 e. The number of nitrogens with one attached hydrogen (secondary N) is 3. The van der Waals surface area contributed by atoms with Crippen LogP contribution in [0.25, 0.3) is 0 Å². The van der Waals surface area contributed by atoms with Crippen LogP contribution in [0, 0.1) is 11.7 Å². The van der Waals surface area contributed by atoms with Crippen LogP contribution in [0.3, 0.4) is 0 Å². The zero-order valence-corrected chi connectivity index (χ0v) is 27.3. The standard InChI is InChI=1S/C37H36FN3O7S/c38-27-12-8-25(9-13-27)19-31-35(44)40-30(18-23-5-2-1-3-6-23)33(42)20-26(37(46)47)17-24-10-14-28(15-11-24)48-22-34(43)39-32(36(45)41-31)21-29-7-4-16-49-29/h1-16,26,30-32H,17-22H2,(H,39,43)(H,40,44)(H,41,45)(H,46,47)/t26-,30+,31+,32+/m1/s1. The summed E-state index contributed by atoms with van der Waals surface area (Å²) in [5, 5.41) is 20.1. The van der Waals surface area contributed by atoms with Gasteiger partial charge in [0, 0.05) is 24.1 Å². The lowest BCUT2D eigenvalue weighted by Gasteiger charge is -2.26. The number of aliphatic carboxylic acids is 1. The molecule has 0 fully saturated rings. The van der Waals surface area contributed by atoms with Crippen LogP contribution in [-0.2, 0) is 49.7 Å². The van der Waals surface area contributed by atoms with Gasteiger partial charge in [-0.25, -0.2) is 4.39 Å². The summed E-state index contributed by atoms with van der Waals surface area (Å²) in [5.74, 6) is -4.78. The first-order valence-corrected chi connectivity index (χ1v) is 16.7. The Hall–Kier alpha value is -5.36. The van der Waals surface area contributed by atoms with E-state index >= 15 is 0 Å². The zero-order chi connectivity index (χ0) is 34.8. The third-order valence-corrected chi connectivity index (χ3v) is 9.08. The Kier molecular flexibility index (Phi) is 11.9. The highest BCUT2D eigenvalue weighted by molar-refractivity contribution is 7.09. The number of carboxylic acid groups (broad SMARTS) is 1. The third-order valence-electron chi connectivity index (χ3n) is 8.18.